The molecule has 0 radical (unpaired) electrons. The Morgan fingerprint density at radius 2 is 1.82 bits per heavy atom. The van der Waals surface area contributed by atoms with Crippen molar-refractivity contribution in [1.29, 1.82) is 0 Å². The minimum absolute atomic E-state index is 0.722. The van der Waals surface area contributed by atoms with E-state index in [1.807, 2.05) is 0 Å². The molecule has 1 unspecified atom stereocenters. The number of rotatable bonds is 4. The van der Waals surface area contributed by atoms with E-state index in [2.05, 4.69) is 24.1 Å². The monoisotopic (exact) mass is 238 g/mol. The smallest absolute Gasteiger partial charge is 0.00980 e. The average molecular weight is 238 g/mol. The second-order valence-corrected chi connectivity index (χ2v) is 6.29. The molecule has 0 bridgehead atoms. The van der Waals surface area contributed by atoms with Crippen LogP contribution in [0, 0.1) is 5.92 Å². The minimum Gasteiger partial charge on any atom is -0.316 e. The predicted octanol–water partition coefficient (Wildman–Crippen LogP) is 3.03. The Labute approximate surface area is 107 Å². The van der Waals surface area contributed by atoms with Gasteiger partial charge in [0, 0.05) is 18.6 Å². The van der Waals surface area contributed by atoms with Crippen LogP contribution in [0.4, 0.5) is 0 Å². The summed E-state index contributed by atoms with van der Waals surface area (Å²) in [6.07, 6.45) is 10.1. The molecule has 1 aliphatic heterocycles. The van der Waals surface area contributed by atoms with E-state index < -0.39 is 0 Å². The molecule has 0 spiro atoms. The topological polar surface area (TPSA) is 15.3 Å². The van der Waals surface area contributed by atoms with Crippen LogP contribution in [-0.2, 0) is 0 Å². The summed E-state index contributed by atoms with van der Waals surface area (Å²) < 4.78 is 0. The summed E-state index contributed by atoms with van der Waals surface area (Å²) in [4.78, 5) is 2.80. The molecule has 2 rings (SSSR count). The van der Waals surface area contributed by atoms with Crippen LogP contribution in [0.3, 0.4) is 0 Å². The molecule has 1 saturated heterocycles. The predicted molar refractivity (Wildman–Crippen MR) is 74.3 cm³/mol. The fourth-order valence-corrected chi connectivity index (χ4v) is 3.57. The Balaban J connectivity index is 1.86. The van der Waals surface area contributed by atoms with E-state index in [0.717, 1.165) is 18.0 Å². The number of nitrogens with one attached hydrogen (secondary N) is 1. The van der Waals surface area contributed by atoms with Crippen LogP contribution in [-0.4, -0.2) is 36.6 Å². The lowest BCUT2D eigenvalue weighted by Crippen LogP contribution is -2.46. The fraction of sp³-hybridized carbons (Fsp3) is 1.00. The molecule has 0 aromatic carbocycles. The molecule has 2 heteroatoms. The standard InChI is InChI=1S/C15H30N2/c1-13(2)17(15-8-4-3-5-9-15)12-14-7-6-10-16-11-14/h13-16H,3-12H2,1-2H3. The van der Waals surface area contributed by atoms with E-state index in [1.54, 1.807) is 0 Å². The highest BCUT2D eigenvalue weighted by atomic mass is 15.2. The van der Waals surface area contributed by atoms with Crippen LogP contribution in [0.15, 0.2) is 0 Å². The lowest BCUT2D eigenvalue weighted by atomic mass is 9.91. The maximum Gasteiger partial charge on any atom is 0.00980 e. The van der Waals surface area contributed by atoms with Crippen LogP contribution in [0.2, 0.25) is 0 Å². The van der Waals surface area contributed by atoms with Gasteiger partial charge in [-0.1, -0.05) is 19.3 Å². The van der Waals surface area contributed by atoms with Crippen molar-refractivity contribution in [2.45, 2.75) is 70.9 Å². The van der Waals surface area contributed by atoms with Gasteiger partial charge in [0.15, 0.2) is 0 Å². The summed E-state index contributed by atoms with van der Waals surface area (Å²) in [6, 6.07) is 1.60. The second kappa shape index (κ2) is 6.75. The molecular weight excluding hydrogens is 208 g/mol. The van der Waals surface area contributed by atoms with Crippen molar-refractivity contribution in [3.63, 3.8) is 0 Å². The highest BCUT2D eigenvalue weighted by Gasteiger charge is 2.26. The van der Waals surface area contributed by atoms with Crippen molar-refractivity contribution in [2.24, 2.45) is 5.92 Å². The van der Waals surface area contributed by atoms with Crippen molar-refractivity contribution in [3.8, 4) is 0 Å². The van der Waals surface area contributed by atoms with E-state index in [0.29, 0.717) is 0 Å². The normalized spacial score (nSPS) is 27.9. The first-order valence-electron chi connectivity index (χ1n) is 7.74. The summed E-state index contributed by atoms with van der Waals surface area (Å²) in [5.74, 6) is 0.896. The molecule has 1 aliphatic carbocycles. The highest BCUT2D eigenvalue weighted by molar-refractivity contribution is 4.82. The number of nitrogens with zero attached hydrogens (tertiary/aromatic N) is 1. The Bertz CT molecular complexity index is 203. The molecule has 1 N–H and O–H groups in total. The van der Waals surface area contributed by atoms with Gasteiger partial charge < -0.3 is 5.32 Å². The van der Waals surface area contributed by atoms with Gasteiger partial charge in [0.2, 0.25) is 0 Å². The lowest BCUT2D eigenvalue weighted by Gasteiger charge is -2.40. The van der Waals surface area contributed by atoms with Gasteiger partial charge in [0.05, 0.1) is 0 Å². The number of piperidine rings is 1. The first-order valence-corrected chi connectivity index (χ1v) is 7.74. The fourth-order valence-electron chi connectivity index (χ4n) is 3.57. The van der Waals surface area contributed by atoms with E-state index >= 15 is 0 Å². The average Bonchev–Trinajstić information content (AvgIpc) is 2.38. The van der Waals surface area contributed by atoms with Gasteiger partial charge >= 0.3 is 0 Å². The zero-order valence-corrected chi connectivity index (χ0v) is 11.8. The molecule has 100 valence electrons. The maximum atomic E-state index is 3.56. The lowest BCUT2D eigenvalue weighted by molar-refractivity contribution is 0.0931. The summed E-state index contributed by atoms with van der Waals surface area (Å²) in [6.45, 7) is 8.57. The van der Waals surface area contributed by atoms with Crippen molar-refractivity contribution in [1.82, 2.24) is 10.2 Å². The second-order valence-electron chi connectivity index (χ2n) is 6.29. The largest absolute Gasteiger partial charge is 0.316 e. The van der Waals surface area contributed by atoms with Crippen molar-refractivity contribution in [3.05, 3.63) is 0 Å². The van der Waals surface area contributed by atoms with Crippen molar-refractivity contribution in [2.75, 3.05) is 19.6 Å². The van der Waals surface area contributed by atoms with Crippen LogP contribution >= 0.6 is 0 Å². The third-order valence-electron chi connectivity index (χ3n) is 4.57. The highest BCUT2D eigenvalue weighted by Crippen LogP contribution is 2.26. The summed E-state index contributed by atoms with van der Waals surface area (Å²) in [5, 5.41) is 3.56. The maximum absolute atomic E-state index is 3.56. The van der Waals surface area contributed by atoms with E-state index in [-0.39, 0.29) is 0 Å². The van der Waals surface area contributed by atoms with E-state index in [9.17, 15) is 0 Å². The Kier molecular flexibility index (Phi) is 5.30. The third kappa shape index (κ3) is 3.96. The van der Waals surface area contributed by atoms with Crippen LogP contribution in [0.1, 0.15) is 58.8 Å². The van der Waals surface area contributed by atoms with Gasteiger partial charge in [0.25, 0.3) is 0 Å². The quantitative estimate of drug-likeness (QED) is 0.810. The Morgan fingerprint density at radius 1 is 1.06 bits per heavy atom. The van der Waals surface area contributed by atoms with Crippen molar-refractivity contribution >= 4 is 0 Å². The SMILES string of the molecule is CC(C)N(CC1CCCNC1)C1CCCCC1. The van der Waals surface area contributed by atoms with E-state index in [1.165, 1.54) is 64.6 Å². The molecule has 0 aromatic rings. The van der Waals surface area contributed by atoms with Crippen molar-refractivity contribution < 1.29 is 0 Å². The number of hydrogen-bond acceptors (Lipinski definition) is 2. The molecular formula is C15H30N2. The summed E-state index contributed by atoms with van der Waals surface area (Å²) in [7, 11) is 0. The number of hydrogen-bond donors (Lipinski definition) is 1. The van der Waals surface area contributed by atoms with Crippen LogP contribution in [0.5, 0.6) is 0 Å². The van der Waals surface area contributed by atoms with Gasteiger partial charge in [-0.25, -0.2) is 0 Å². The molecule has 2 aliphatic rings. The molecule has 17 heavy (non-hydrogen) atoms. The summed E-state index contributed by atoms with van der Waals surface area (Å²) >= 11 is 0. The minimum atomic E-state index is 0.722. The Morgan fingerprint density at radius 3 is 2.41 bits per heavy atom. The van der Waals surface area contributed by atoms with Crippen LogP contribution in [0.25, 0.3) is 0 Å². The van der Waals surface area contributed by atoms with Gasteiger partial charge in [-0.2, -0.15) is 0 Å². The molecule has 0 aromatic heterocycles. The molecule has 2 fully saturated rings. The third-order valence-corrected chi connectivity index (χ3v) is 4.57. The zero-order valence-electron chi connectivity index (χ0n) is 11.8. The van der Waals surface area contributed by atoms with Gasteiger partial charge in [-0.3, -0.25) is 4.90 Å². The van der Waals surface area contributed by atoms with Gasteiger partial charge in [-0.15, -0.1) is 0 Å². The molecule has 1 atom stereocenters. The molecule has 2 nitrogen and oxygen atoms in total. The van der Waals surface area contributed by atoms with E-state index in [4.69, 9.17) is 0 Å². The molecule has 1 saturated carbocycles. The molecule has 1 heterocycles. The Hall–Kier alpha value is -0.0800. The first-order chi connectivity index (χ1) is 8.27. The van der Waals surface area contributed by atoms with Crippen LogP contribution < -0.4 is 5.32 Å². The molecule has 0 amide bonds. The van der Waals surface area contributed by atoms with Gasteiger partial charge in [-0.05, 0) is 58.5 Å². The summed E-state index contributed by atoms with van der Waals surface area (Å²) in [5.41, 5.74) is 0. The van der Waals surface area contributed by atoms with Gasteiger partial charge in [0.1, 0.15) is 0 Å². The zero-order chi connectivity index (χ0) is 12.1. The first kappa shape index (κ1) is 13.4.